The monoisotopic (exact) mass is 270 g/mol. The smallest absolute Gasteiger partial charge is 0.0713 e. The van der Waals surface area contributed by atoms with Crippen LogP contribution in [0.1, 0.15) is 44.9 Å². The van der Waals surface area contributed by atoms with Crippen molar-refractivity contribution in [3.05, 3.63) is 0 Å². The molecule has 3 fully saturated rings. The van der Waals surface area contributed by atoms with Crippen LogP contribution in [0.5, 0.6) is 0 Å². The molecule has 1 unspecified atom stereocenters. The van der Waals surface area contributed by atoms with E-state index in [0.717, 1.165) is 6.61 Å². The Bertz CT molecular complexity index is 257. The maximum atomic E-state index is 6.15. The number of ether oxygens (including phenoxy) is 1. The SMILES string of the molecule is C1CCN(NC2CCOC3(CCSCC3)C2)CC1. The number of rotatable bonds is 2. The summed E-state index contributed by atoms with van der Waals surface area (Å²) in [7, 11) is 0. The van der Waals surface area contributed by atoms with E-state index in [1.54, 1.807) is 0 Å². The molecule has 3 rings (SSSR count). The van der Waals surface area contributed by atoms with Crippen LogP contribution in [-0.4, -0.2) is 47.9 Å². The first-order chi connectivity index (χ1) is 8.86. The third-order valence-electron chi connectivity index (χ3n) is 4.62. The van der Waals surface area contributed by atoms with Crippen LogP contribution in [0.3, 0.4) is 0 Å². The zero-order valence-corrected chi connectivity index (χ0v) is 12.1. The van der Waals surface area contributed by atoms with Crippen molar-refractivity contribution in [2.45, 2.75) is 56.6 Å². The molecule has 18 heavy (non-hydrogen) atoms. The van der Waals surface area contributed by atoms with Gasteiger partial charge in [-0.2, -0.15) is 11.8 Å². The molecule has 4 heteroatoms. The van der Waals surface area contributed by atoms with Crippen molar-refractivity contribution >= 4 is 11.8 Å². The second kappa shape index (κ2) is 6.12. The van der Waals surface area contributed by atoms with E-state index in [2.05, 4.69) is 22.2 Å². The predicted molar refractivity (Wildman–Crippen MR) is 76.8 cm³/mol. The summed E-state index contributed by atoms with van der Waals surface area (Å²) in [5.74, 6) is 2.58. The molecule has 1 spiro atoms. The molecule has 0 amide bonds. The number of hydrogen-bond acceptors (Lipinski definition) is 4. The molecule has 0 aliphatic carbocycles. The van der Waals surface area contributed by atoms with Gasteiger partial charge in [0, 0.05) is 25.7 Å². The van der Waals surface area contributed by atoms with Crippen molar-refractivity contribution in [3.63, 3.8) is 0 Å². The van der Waals surface area contributed by atoms with Crippen molar-refractivity contribution in [2.75, 3.05) is 31.2 Å². The van der Waals surface area contributed by atoms with E-state index >= 15 is 0 Å². The third kappa shape index (κ3) is 3.21. The molecule has 0 aromatic rings. The number of hydrazine groups is 1. The van der Waals surface area contributed by atoms with Gasteiger partial charge < -0.3 is 4.74 Å². The second-order valence-electron chi connectivity index (χ2n) is 6.01. The third-order valence-corrected chi connectivity index (χ3v) is 5.60. The minimum Gasteiger partial charge on any atom is -0.375 e. The Morgan fingerprint density at radius 3 is 2.67 bits per heavy atom. The number of thioether (sulfide) groups is 1. The second-order valence-corrected chi connectivity index (χ2v) is 7.24. The van der Waals surface area contributed by atoms with Crippen LogP contribution in [0.25, 0.3) is 0 Å². The summed E-state index contributed by atoms with van der Waals surface area (Å²) in [6, 6.07) is 0.653. The largest absolute Gasteiger partial charge is 0.375 e. The van der Waals surface area contributed by atoms with E-state index in [0.29, 0.717) is 6.04 Å². The Hall–Kier alpha value is 0.230. The molecule has 0 radical (unpaired) electrons. The van der Waals surface area contributed by atoms with Gasteiger partial charge in [0.15, 0.2) is 0 Å². The van der Waals surface area contributed by atoms with E-state index in [-0.39, 0.29) is 5.60 Å². The van der Waals surface area contributed by atoms with Crippen LogP contribution in [0, 0.1) is 0 Å². The van der Waals surface area contributed by atoms with Gasteiger partial charge in [0.1, 0.15) is 0 Å². The van der Waals surface area contributed by atoms with E-state index in [4.69, 9.17) is 4.74 Å². The van der Waals surface area contributed by atoms with Crippen molar-refractivity contribution < 1.29 is 4.74 Å². The molecular formula is C14H26N2OS. The molecule has 0 bridgehead atoms. The summed E-state index contributed by atoms with van der Waals surface area (Å²) in [5, 5.41) is 2.46. The fourth-order valence-corrected chi connectivity index (χ4v) is 4.75. The Morgan fingerprint density at radius 2 is 1.89 bits per heavy atom. The number of nitrogens with one attached hydrogen (secondary N) is 1. The average molecular weight is 270 g/mol. The lowest BCUT2D eigenvalue weighted by Crippen LogP contribution is -2.54. The van der Waals surface area contributed by atoms with Crippen LogP contribution < -0.4 is 5.43 Å². The molecule has 1 atom stereocenters. The molecule has 3 saturated heterocycles. The van der Waals surface area contributed by atoms with Crippen LogP contribution in [0.15, 0.2) is 0 Å². The number of piperidine rings is 1. The standard InChI is InChI=1S/C14H26N2OS/c1-2-7-16(8-3-1)15-13-4-9-17-14(12-13)5-10-18-11-6-14/h13,15H,1-12H2. The van der Waals surface area contributed by atoms with Gasteiger partial charge in [0.25, 0.3) is 0 Å². The molecule has 3 aliphatic heterocycles. The van der Waals surface area contributed by atoms with Crippen molar-refractivity contribution in [1.29, 1.82) is 0 Å². The Balaban J connectivity index is 1.52. The van der Waals surface area contributed by atoms with Gasteiger partial charge >= 0.3 is 0 Å². The van der Waals surface area contributed by atoms with E-state index in [1.165, 1.54) is 69.5 Å². The van der Waals surface area contributed by atoms with Crippen LogP contribution >= 0.6 is 11.8 Å². The average Bonchev–Trinajstić information content (AvgIpc) is 2.41. The van der Waals surface area contributed by atoms with Gasteiger partial charge in [-0.15, -0.1) is 0 Å². The van der Waals surface area contributed by atoms with E-state index in [9.17, 15) is 0 Å². The number of nitrogens with zero attached hydrogens (tertiary/aromatic N) is 1. The molecule has 0 aromatic heterocycles. The first-order valence-electron chi connectivity index (χ1n) is 7.59. The summed E-state index contributed by atoms with van der Waals surface area (Å²) in [4.78, 5) is 0. The Kier molecular flexibility index (Phi) is 4.50. The zero-order chi connectivity index (χ0) is 12.3. The van der Waals surface area contributed by atoms with E-state index in [1.807, 2.05) is 0 Å². The molecule has 3 heterocycles. The fraction of sp³-hybridized carbons (Fsp3) is 1.00. The zero-order valence-electron chi connectivity index (χ0n) is 11.3. The summed E-state index contributed by atoms with van der Waals surface area (Å²) < 4.78 is 6.15. The quantitative estimate of drug-likeness (QED) is 0.833. The Morgan fingerprint density at radius 1 is 1.11 bits per heavy atom. The van der Waals surface area contributed by atoms with Gasteiger partial charge in [-0.1, -0.05) is 6.42 Å². The summed E-state index contributed by atoms with van der Waals surface area (Å²) in [6.07, 6.45) is 9.06. The summed E-state index contributed by atoms with van der Waals surface area (Å²) in [6.45, 7) is 3.43. The van der Waals surface area contributed by atoms with Gasteiger partial charge in [-0.05, 0) is 50.0 Å². The lowest BCUT2D eigenvalue weighted by molar-refractivity contribution is -0.102. The highest BCUT2D eigenvalue weighted by Gasteiger charge is 2.39. The van der Waals surface area contributed by atoms with Gasteiger partial charge in [0.2, 0.25) is 0 Å². The minimum atomic E-state index is 0.219. The maximum absolute atomic E-state index is 6.15. The Labute approximate surface area is 115 Å². The van der Waals surface area contributed by atoms with Crippen LogP contribution in [0.4, 0.5) is 0 Å². The topological polar surface area (TPSA) is 24.5 Å². The van der Waals surface area contributed by atoms with Crippen molar-refractivity contribution in [2.24, 2.45) is 0 Å². The molecular weight excluding hydrogens is 244 g/mol. The lowest BCUT2D eigenvalue weighted by atomic mass is 9.85. The minimum absolute atomic E-state index is 0.219. The molecule has 3 aliphatic rings. The molecule has 104 valence electrons. The van der Waals surface area contributed by atoms with Gasteiger partial charge in [-0.3, -0.25) is 5.43 Å². The summed E-state index contributed by atoms with van der Waals surface area (Å²) in [5.41, 5.74) is 4.00. The van der Waals surface area contributed by atoms with Crippen molar-refractivity contribution in [3.8, 4) is 0 Å². The first-order valence-corrected chi connectivity index (χ1v) is 8.75. The van der Waals surface area contributed by atoms with Gasteiger partial charge in [0.05, 0.1) is 5.60 Å². The lowest BCUT2D eigenvalue weighted by Gasteiger charge is -2.45. The first kappa shape index (κ1) is 13.2. The highest BCUT2D eigenvalue weighted by molar-refractivity contribution is 7.99. The normalized spacial score (nSPS) is 33.7. The van der Waals surface area contributed by atoms with Gasteiger partial charge in [-0.25, -0.2) is 5.01 Å². The molecule has 0 aromatic carbocycles. The maximum Gasteiger partial charge on any atom is 0.0713 e. The predicted octanol–water partition coefficient (Wildman–Crippen LogP) is 2.42. The molecule has 3 nitrogen and oxygen atoms in total. The van der Waals surface area contributed by atoms with E-state index < -0.39 is 0 Å². The summed E-state index contributed by atoms with van der Waals surface area (Å²) >= 11 is 2.09. The number of hydrogen-bond donors (Lipinski definition) is 1. The molecule has 1 N–H and O–H groups in total. The highest BCUT2D eigenvalue weighted by Crippen LogP contribution is 2.37. The highest BCUT2D eigenvalue weighted by atomic mass is 32.2. The van der Waals surface area contributed by atoms with Crippen LogP contribution in [-0.2, 0) is 4.74 Å². The van der Waals surface area contributed by atoms with Crippen LogP contribution in [0.2, 0.25) is 0 Å². The van der Waals surface area contributed by atoms with Crippen molar-refractivity contribution in [1.82, 2.24) is 10.4 Å². The fourth-order valence-electron chi connectivity index (χ4n) is 3.51. The molecule has 0 saturated carbocycles.